The molecule has 1 aromatic carbocycles. The van der Waals surface area contributed by atoms with Crippen LogP contribution in [0.5, 0.6) is 17.5 Å². The molecule has 11 nitrogen and oxygen atoms in total. The molecule has 0 aliphatic rings. The van der Waals surface area contributed by atoms with Gasteiger partial charge in [-0.25, -0.2) is 0 Å². The summed E-state index contributed by atoms with van der Waals surface area (Å²) in [5.74, 6) is -7.50. The van der Waals surface area contributed by atoms with Gasteiger partial charge in [0.1, 0.15) is 12.4 Å². The van der Waals surface area contributed by atoms with Crippen LogP contribution in [0.1, 0.15) is 0 Å². The SMILES string of the molecule is COCCOc1ccc(Nc2nc(OS(=O)(=O)C(F)(F)F)c(F)c(OS(=O)(=O)C(F)(F)F)n2)cc1. The molecule has 1 aromatic heterocycles. The van der Waals surface area contributed by atoms with E-state index in [0.29, 0.717) is 5.75 Å². The molecular formula is C15H12F7N3O8S2. The monoisotopic (exact) mass is 559 g/mol. The first-order chi connectivity index (χ1) is 16.0. The van der Waals surface area contributed by atoms with Crippen molar-refractivity contribution in [1.82, 2.24) is 9.97 Å². The maximum Gasteiger partial charge on any atom is 0.534 e. The van der Waals surface area contributed by atoms with Crippen molar-refractivity contribution in [3.63, 3.8) is 0 Å². The van der Waals surface area contributed by atoms with Crippen LogP contribution in [-0.4, -0.2) is 58.1 Å². The number of rotatable bonds is 10. The summed E-state index contributed by atoms with van der Waals surface area (Å²) < 4.78 is 152. The summed E-state index contributed by atoms with van der Waals surface area (Å²) in [6, 6.07) is 5.13. The summed E-state index contributed by atoms with van der Waals surface area (Å²) in [7, 11) is -11.7. The Morgan fingerprint density at radius 1 is 0.829 bits per heavy atom. The summed E-state index contributed by atoms with van der Waals surface area (Å²) in [6.07, 6.45) is 0. The van der Waals surface area contributed by atoms with E-state index in [0.717, 1.165) is 0 Å². The molecule has 2 aromatic rings. The predicted molar refractivity (Wildman–Crippen MR) is 100 cm³/mol. The number of anilines is 2. The van der Waals surface area contributed by atoms with Gasteiger partial charge in [-0.1, -0.05) is 0 Å². The maximum absolute atomic E-state index is 14.3. The van der Waals surface area contributed by atoms with Gasteiger partial charge in [0.15, 0.2) is 0 Å². The predicted octanol–water partition coefficient (Wildman–Crippen LogP) is 2.84. The number of nitrogens with zero attached hydrogens (tertiary/aromatic N) is 2. The standard InChI is InChI=1S/C15H12F7N3O8S2/c1-30-6-7-31-9-4-2-8(3-5-9)23-13-24-11(32-34(26,27)14(17,18)19)10(16)12(25-13)33-35(28,29)15(20,21)22/h2-5H,6-7H2,1H3,(H,23,24,25). The molecule has 196 valence electrons. The Kier molecular flexibility index (Phi) is 8.22. The molecule has 1 heterocycles. The van der Waals surface area contributed by atoms with Gasteiger partial charge in [0.25, 0.3) is 11.8 Å². The van der Waals surface area contributed by atoms with Crippen LogP contribution in [0.25, 0.3) is 0 Å². The summed E-state index contributed by atoms with van der Waals surface area (Å²) >= 11 is 0. The second kappa shape index (κ2) is 10.2. The quantitative estimate of drug-likeness (QED) is 0.199. The topological polar surface area (TPSA) is 143 Å². The van der Waals surface area contributed by atoms with Gasteiger partial charge in [-0.2, -0.15) is 57.5 Å². The van der Waals surface area contributed by atoms with E-state index < -0.39 is 54.8 Å². The van der Waals surface area contributed by atoms with Gasteiger partial charge in [0.2, 0.25) is 11.8 Å². The third-order valence-electron chi connectivity index (χ3n) is 3.40. The largest absolute Gasteiger partial charge is 0.534 e. The summed E-state index contributed by atoms with van der Waals surface area (Å²) in [5.41, 5.74) is -12.2. The lowest BCUT2D eigenvalue weighted by Gasteiger charge is -2.14. The van der Waals surface area contributed by atoms with Crippen molar-refractivity contribution in [2.45, 2.75) is 11.0 Å². The highest BCUT2D eigenvalue weighted by Crippen LogP contribution is 2.34. The molecule has 0 radical (unpaired) electrons. The minimum Gasteiger partial charge on any atom is -0.491 e. The van der Waals surface area contributed by atoms with E-state index in [2.05, 4.69) is 23.7 Å². The average Bonchev–Trinajstić information content (AvgIpc) is 2.71. The smallest absolute Gasteiger partial charge is 0.491 e. The normalized spacial score (nSPS) is 12.8. The van der Waals surface area contributed by atoms with Gasteiger partial charge in [-0.05, 0) is 24.3 Å². The zero-order valence-electron chi connectivity index (χ0n) is 16.8. The van der Waals surface area contributed by atoms with Crippen LogP contribution in [0.2, 0.25) is 0 Å². The minimum absolute atomic E-state index is 0.0371. The molecule has 0 unspecified atom stereocenters. The number of benzene rings is 1. The molecular weight excluding hydrogens is 547 g/mol. The van der Waals surface area contributed by atoms with Crippen LogP contribution in [0.15, 0.2) is 24.3 Å². The molecule has 0 fully saturated rings. The fraction of sp³-hybridized carbons (Fsp3) is 0.333. The lowest BCUT2D eigenvalue weighted by atomic mass is 10.3. The lowest BCUT2D eigenvalue weighted by molar-refractivity contribution is -0.0503. The minimum atomic E-state index is -6.58. The number of nitrogens with one attached hydrogen (secondary N) is 1. The molecule has 0 amide bonds. The summed E-state index contributed by atoms with van der Waals surface area (Å²) in [6.45, 7) is 0.406. The van der Waals surface area contributed by atoms with Crippen LogP contribution in [-0.2, 0) is 25.0 Å². The highest BCUT2D eigenvalue weighted by molar-refractivity contribution is 7.88. The van der Waals surface area contributed by atoms with E-state index in [1.807, 2.05) is 0 Å². The van der Waals surface area contributed by atoms with Gasteiger partial charge in [0, 0.05) is 12.8 Å². The molecule has 0 bridgehead atoms. The second-order valence-electron chi connectivity index (χ2n) is 5.93. The number of aromatic nitrogens is 2. The third kappa shape index (κ3) is 7.18. The molecule has 2 rings (SSSR count). The highest BCUT2D eigenvalue weighted by atomic mass is 32.2. The summed E-state index contributed by atoms with van der Waals surface area (Å²) in [4.78, 5) is 6.00. The number of methoxy groups -OCH3 is 1. The van der Waals surface area contributed by atoms with Crippen molar-refractivity contribution >= 4 is 31.9 Å². The zero-order chi connectivity index (χ0) is 26.7. The van der Waals surface area contributed by atoms with Crippen molar-refractivity contribution in [3.05, 3.63) is 30.1 Å². The van der Waals surface area contributed by atoms with Crippen LogP contribution in [0, 0.1) is 5.82 Å². The molecule has 0 spiro atoms. The van der Waals surface area contributed by atoms with Gasteiger partial charge in [0.05, 0.1) is 6.61 Å². The molecule has 1 N–H and O–H groups in total. The van der Waals surface area contributed by atoms with Gasteiger partial charge in [-0.15, -0.1) is 0 Å². The molecule has 0 saturated carbocycles. The van der Waals surface area contributed by atoms with E-state index in [1.165, 1.54) is 31.4 Å². The molecule has 35 heavy (non-hydrogen) atoms. The van der Waals surface area contributed by atoms with Crippen molar-refractivity contribution in [2.75, 3.05) is 25.6 Å². The highest BCUT2D eigenvalue weighted by Gasteiger charge is 2.51. The molecule has 0 aliphatic heterocycles. The van der Waals surface area contributed by atoms with Gasteiger partial charge >= 0.3 is 31.3 Å². The summed E-state index contributed by atoms with van der Waals surface area (Å²) in [5, 5.41) is 2.17. The molecule has 0 aliphatic carbocycles. The van der Waals surface area contributed by atoms with E-state index in [4.69, 9.17) is 9.47 Å². The number of ether oxygens (including phenoxy) is 2. The van der Waals surface area contributed by atoms with Gasteiger partial charge in [-0.3, -0.25) is 0 Å². The Morgan fingerprint density at radius 3 is 1.69 bits per heavy atom. The first-order valence-electron chi connectivity index (χ1n) is 8.54. The third-order valence-corrected chi connectivity index (χ3v) is 5.29. The van der Waals surface area contributed by atoms with E-state index in [-0.39, 0.29) is 18.9 Å². The Bertz CT molecular complexity index is 1180. The molecule has 0 atom stereocenters. The van der Waals surface area contributed by atoms with Crippen LogP contribution in [0.3, 0.4) is 0 Å². The van der Waals surface area contributed by atoms with Crippen LogP contribution < -0.4 is 18.4 Å². The molecule has 0 saturated heterocycles. The Balaban J connectivity index is 2.47. The van der Waals surface area contributed by atoms with Crippen molar-refractivity contribution < 1.29 is 65.4 Å². The van der Waals surface area contributed by atoms with E-state index >= 15 is 0 Å². The van der Waals surface area contributed by atoms with E-state index in [1.54, 1.807) is 0 Å². The number of hydrogen-bond acceptors (Lipinski definition) is 11. The van der Waals surface area contributed by atoms with Crippen LogP contribution in [0.4, 0.5) is 42.4 Å². The fourth-order valence-electron chi connectivity index (χ4n) is 1.88. The first-order valence-corrected chi connectivity index (χ1v) is 11.4. The fourth-order valence-corrected chi connectivity index (χ4v) is 2.71. The lowest BCUT2D eigenvalue weighted by Crippen LogP contribution is -2.30. The average molecular weight is 559 g/mol. The first kappa shape index (κ1) is 28.1. The van der Waals surface area contributed by atoms with Crippen molar-refractivity contribution in [2.24, 2.45) is 0 Å². The van der Waals surface area contributed by atoms with Gasteiger partial charge < -0.3 is 23.2 Å². The van der Waals surface area contributed by atoms with Crippen LogP contribution >= 0.6 is 0 Å². The Morgan fingerprint density at radius 2 is 1.29 bits per heavy atom. The zero-order valence-corrected chi connectivity index (χ0v) is 18.5. The number of hydrogen-bond donors (Lipinski definition) is 1. The molecule has 20 heteroatoms. The Labute approximate surface area is 192 Å². The second-order valence-corrected chi connectivity index (χ2v) is 9.00. The Hall–Kier alpha value is -3.13. The maximum atomic E-state index is 14.3. The van der Waals surface area contributed by atoms with Crippen molar-refractivity contribution in [1.29, 1.82) is 0 Å². The number of alkyl halides is 6. The number of halogens is 7. The van der Waals surface area contributed by atoms with E-state index in [9.17, 15) is 47.6 Å². The van der Waals surface area contributed by atoms with Crippen molar-refractivity contribution in [3.8, 4) is 17.5 Å².